The molecule has 0 aliphatic heterocycles. The fourth-order valence-corrected chi connectivity index (χ4v) is 2.93. The Morgan fingerprint density at radius 2 is 1.91 bits per heavy atom. The van der Waals surface area contributed by atoms with Crippen molar-refractivity contribution in [3.8, 4) is 11.3 Å². The molecule has 0 unspecified atom stereocenters. The maximum absolute atomic E-state index is 12.3. The van der Waals surface area contributed by atoms with Gasteiger partial charge in [0.1, 0.15) is 0 Å². The fraction of sp³-hybridized carbons (Fsp3) is 0.368. The van der Waals surface area contributed by atoms with Crippen LogP contribution in [0.5, 0.6) is 0 Å². The van der Waals surface area contributed by atoms with E-state index >= 15 is 0 Å². The maximum Gasteiger partial charge on any atom is 0.340 e. The highest BCUT2D eigenvalue weighted by atomic mass is 16.5. The van der Waals surface area contributed by atoms with Crippen molar-refractivity contribution in [2.75, 3.05) is 6.61 Å². The topological polar surface area (TPSA) is 39.2 Å². The Balaban J connectivity index is 2.12. The SMILES string of the molecule is CCOC(=O)c1cc2c(nc1-c1ccc(C)cc1)CCCC2. The lowest BCUT2D eigenvalue weighted by molar-refractivity contribution is 0.0526. The van der Waals surface area contributed by atoms with Crippen LogP contribution in [0.4, 0.5) is 0 Å². The highest BCUT2D eigenvalue weighted by Gasteiger charge is 2.21. The second kappa shape index (κ2) is 6.30. The number of rotatable bonds is 3. The molecule has 0 atom stereocenters. The Bertz CT molecular complexity index is 689. The van der Waals surface area contributed by atoms with E-state index in [1.807, 2.05) is 37.3 Å². The third-order valence-electron chi connectivity index (χ3n) is 4.12. The zero-order valence-electron chi connectivity index (χ0n) is 13.2. The van der Waals surface area contributed by atoms with E-state index in [0.717, 1.165) is 29.8 Å². The average Bonchev–Trinajstić information content (AvgIpc) is 2.54. The van der Waals surface area contributed by atoms with Crippen molar-refractivity contribution in [2.24, 2.45) is 0 Å². The number of nitrogens with zero attached hydrogens (tertiary/aromatic N) is 1. The third kappa shape index (κ3) is 2.89. The highest BCUT2D eigenvalue weighted by Crippen LogP contribution is 2.29. The van der Waals surface area contributed by atoms with Crippen molar-refractivity contribution < 1.29 is 9.53 Å². The number of benzene rings is 1. The number of hydrogen-bond donors (Lipinski definition) is 0. The first-order valence-electron chi connectivity index (χ1n) is 7.96. The minimum atomic E-state index is -0.279. The standard InChI is InChI=1S/C19H21NO2/c1-3-22-19(21)16-12-15-6-4-5-7-17(15)20-18(16)14-10-8-13(2)9-11-14/h8-12H,3-7H2,1-2H3. The van der Waals surface area contributed by atoms with E-state index < -0.39 is 0 Å². The molecule has 3 nitrogen and oxygen atoms in total. The van der Waals surface area contributed by atoms with E-state index in [4.69, 9.17) is 9.72 Å². The molecule has 3 rings (SSSR count). The molecule has 2 aromatic rings. The Labute approximate surface area is 131 Å². The molecule has 3 heteroatoms. The van der Waals surface area contributed by atoms with Gasteiger partial charge in [-0.1, -0.05) is 29.8 Å². The molecule has 0 radical (unpaired) electrons. The molecule has 0 fully saturated rings. The van der Waals surface area contributed by atoms with Gasteiger partial charge in [-0.25, -0.2) is 4.79 Å². The average molecular weight is 295 g/mol. The summed E-state index contributed by atoms with van der Waals surface area (Å²) < 4.78 is 5.23. The van der Waals surface area contributed by atoms with Crippen LogP contribution in [-0.2, 0) is 17.6 Å². The van der Waals surface area contributed by atoms with Gasteiger partial charge in [-0.3, -0.25) is 4.98 Å². The summed E-state index contributed by atoms with van der Waals surface area (Å²) in [5, 5.41) is 0. The molecule has 1 aliphatic rings. The summed E-state index contributed by atoms with van der Waals surface area (Å²) in [4.78, 5) is 17.1. The number of carbonyl (C=O) groups excluding carboxylic acids is 1. The predicted octanol–water partition coefficient (Wildman–Crippen LogP) is 4.11. The normalized spacial score (nSPS) is 13.5. The lowest BCUT2D eigenvalue weighted by atomic mass is 9.92. The smallest absolute Gasteiger partial charge is 0.340 e. The molecule has 22 heavy (non-hydrogen) atoms. The minimum absolute atomic E-state index is 0.279. The molecule has 0 N–H and O–H groups in total. The van der Waals surface area contributed by atoms with Gasteiger partial charge in [0.15, 0.2) is 0 Å². The maximum atomic E-state index is 12.3. The predicted molar refractivity (Wildman–Crippen MR) is 87.0 cm³/mol. The van der Waals surface area contributed by atoms with Gasteiger partial charge in [-0.2, -0.15) is 0 Å². The van der Waals surface area contributed by atoms with Crippen molar-refractivity contribution in [2.45, 2.75) is 39.5 Å². The minimum Gasteiger partial charge on any atom is -0.462 e. The van der Waals surface area contributed by atoms with Crippen LogP contribution in [0.15, 0.2) is 30.3 Å². The summed E-state index contributed by atoms with van der Waals surface area (Å²) in [7, 11) is 0. The summed E-state index contributed by atoms with van der Waals surface area (Å²) in [5.41, 5.74) is 5.84. The number of aryl methyl sites for hydroxylation is 3. The molecule has 0 saturated carbocycles. The lowest BCUT2D eigenvalue weighted by Crippen LogP contribution is -2.13. The highest BCUT2D eigenvalue weighted by molar-refractivity contribution is 5.96. The molecule has 1 aliphatic carbocycles. The Morgan fingerprint density at radius 3 is 2.64 bits per heavy atom. The van der Waals surface area contributed by atoms with Crippen LogP contribution in [0.2, 0.25) is 0 Å². The quantitative estimate of drug-likeness (QED) is 0.800. The Hall–Kier alpha value is -2.16. The van der Waals surface area contributed by atoms with Gasteiger partial charge in [0, 0.05) is 11.3 Å². The number of fused-ring (bicyclic) bond motifs is 1. The second-order valence-electron chi connectivity index (χ2n) is 5.78. The Kier molecular flexibility index (Phi) is 4.23. The van der Waals surface area contributed by atoms with Crippen LogP contribution >= 0.6 is 0 Å². The van der Waals surface area contributed by atoms with Crippen molar-refractivity contribution in [1.29, 1.82) is 0 Å². The summed E-state index contributed by atoms with van der Waals surface area (Å²) in [6, 6.07) is 10.1. The summed E-state index contributed by atoms with van der Waals surface area (Å²) in [5.74, 6) is -0.279. The molecular weight excluding hydrogens is 274 g/mol. The number of aromatic nitrogens is 1. The molecule has 0 bridgehead atoms. The largest absolute Gasteiger partial charge is 0.462 e. The van der Waals surface area contributed by atoms with E-state index in [0.29, 0.717) is 12.2 Å². The van der Waals surface area contributed by atoms with Gasteiger partial charge < -0.3 is 4.74 Å². The Morgan fingerprint density at radius 1 is 1.18 bits per heavy atom. The van der Waals surface area contributed by atoms with Gasteiger partial charge >= 0.3 is 5.97 Å². The molecule has 0 amide bonds. The lowest BCUT2D eigenvalue weighted by Gasteiger charge is -2.18. The molecule has 0 spiro atoms. The van der Waals surface area contributed by atoms with E-state index in [-0.39, 0.29) is 5.97 Å². The van der Waals surface area contributed by atoms with Crippen LogP contribution in [0.3, 0.4) is 0 Å². The third-order valence-corrected chi connectivity index (χ3v) is 4.12. The van der Waals surface area contributed by atoms with Crippen LogP contribution in [0.1, 0.15) is 46.9 Å². The van der Waals surface area contributed by atoms with E-state index in [9.17, 15) is 4.79 Å². The zero-order chi connectivity index (χ0) is 15.5. The van der Waals surface area contributed by atoms with Crippen molar-refractivity contribution in [1.82, 2.24) is 4.98 Å². The van der Waals surface area contributed by atoms with Gasteiger partial charge in [-0.05, 0) is 51.2 Å². The molecule has 114 valence electrons. The summed E-state index contributed by atoms with van der Waals surface area (Å²) in [6.45, 7) is 4.26. The zero-order valence-corrected chi connectivity index (χ0v) is 13.2. The van der Waals surface area contributed by atoms with Crippen LogP contribution in [0, 0.1) is 6.92 Å². The van der Waals surface area contributed by atoms with Gasteiger partial charge in [0.25, 0.3) is 0 Å². The fourth-order valence-electron chi connectivity index (χ4n) is 2.93. The second-order valence-corrected chi connectivity index (χ2v) is 5.78. The number of hydrogen-bond acceptors (Lipinski definition) is 3. The molecular formula is C19H21NO2. The van der Waals surface area contributed by atoms with E-state index in [1.54, 1.807) is 0 Å². The van der Waals surface area contributed by atoms with E-state index in [1.165, 1.54) is 24.0 Å². The van der Waals surface area contributed by atoms with Crippen LogP contribution in [0.25, 0.3) is 11.3 Å². The number of pyridine rings is 1. The molecule has 0 saturated heterocycles. The molecule has 1 aromatic carbocycles. The van der Waals surface area contributed by atoms with Gasteiger partial charge in [0.2, 0.25) is 0 Å². The van der Waals surface area contributed by atoms with Gasteiger partial charge in [-0.15, -0.1) is 0 Å². The van der Waals surface area contributed by atoms with Crippen LogP contribution in [-0.4, -0.2) is 17.6 Å². The summed E-state index contributed by atoms with van der Waals surface area (Å²) >= 11 is 0. The van der Waals surface area contributed by atoms with Crippen LogP contribution < -0.4 is 0 Å². The first-order valence-corrected chi connectivity index (χ1v) is 7.96. The van der Waals surface area contributed by atoms with Crippen molar-refractivity contribution >= 4 is 5.97 Å². The van der Waals surface area contributed by atoms with Crippen molar-refractivity contribution in [3.63, 3.8) is 0 Å². The molecule has 1 heterocycles. The first-order chi connectivity index (χ1) is 10.7. The first kappa shape index (κ1) is 14.8. The number of esters is 1. The van der Waals surface area contributed by atoms with Gasteiger partial charge in [0.05, 0.1) is 17.9 Å². The summed E-state index contributed by atoms with van der Waals surface area (Å²) in [6.07, 6.45) is 4.34. The monoisotopic (exact) mass is 295 g/mol. The van der Waals surface area contributed by atoms with E-state index in [2.05, 4.69) is 6.92 Å². The van der Waals surface area contributed by atoms with Crippen molar-refractivity contribution in [3.05, 3.63) is 52.7 Å². The number of carbonyl (C=O) groups is 1. The molecule has 1 aromatic heterocycles. The number of ether oxygens (including phenoxy) is 1.